The Morgan fingerprint density at radius 1 is 1.11 bits per heavy atom. The van der Waals surface area contributed by atoms with Crippen LogP contribution in [0.3, 0.4) is 0 Å². The van der Waals surface area contributed by atoms with Crippen LogP contribution in [0.4, 0.5) is 5.69 Å². The molecule has 0 saturated carbocycles. The van der Waals surface area contributed by atoms with Gasteiger partial charge in [-0.3, -0.25) is 9.59 Å². The Morgan fingerprint density at radius 3 is 2.41 bits per heavy atom. The Kier molecular flexibility index (Phi) is 5.92. The average Bonchev–Trinajstić information content (AvgIpc) is 3.02. The van der Waals surface area contributed by atoms with Crippen LogP contribution in [0.1, 0.15) is 10.4 Å². The summed E-state index contributed by atoms with van der Waals surface area (Å²) in [6, 6.07) is 14.2. The van der Waals surface area contributed by atoms with Crippen LogP contribution in [-0.4, -0.2) is 32.3 Å². The van der Waals surface area contributed by atoms with E-state index in [-0.39, 0.29) is 11.7 Å². The van der Waals surface area contributed by atoms with E-state index in [2.05, 4.69) is 31.4 Å². The number of nitrogens with one attached hydrogen (secondary N) is 1. The number of rotatable bonds is 6. The summed E-state index contributed by atoms with van der Waals surface area (Å²) in [5, 5.41) is 11.8. The van der Waals surface area contributed by atoms with Gasteiger partial charge in [-0.1, -0.05) is 39.8 Å². The summed E-state index contributed by atoms with van der Waals surface area (Å²) in [7, 11) is 1.86. The monoisotopic (exact) mass is 445 g/mol. The molecule has 2 aromatic carbocycles. The molecular formula is C18H16BrN5O2S. The van der Waals surface area contributed by atoms with E-state index in [1.807, 2.05) is 35.9 Å². The topological polar surface area (TPSA) is 103 Å². The van der Waals surface area contributed by atoms with Gasteiger partial charge in [0.1, 0.15) is 0 Å². The highest BCUT2D eigenvalue weighted by Gasteiger charge is 2.13. The maximum absolute atomic E-state index is 12.1. The number of halogens is 1. The minimum Gasteiger partial charge on any atom is -0.366 e. The number of hydrogen-bond acceptors (Lipinski definition) is 5. The first kappa shape index (κ1) is 19.1. The molecular weight excluding hydrogens is 430 g/mol. The second kappa shape index (κ2) is 8.36. The molecule has 3 rings (SSSR count). The van der Waals surface area contributed by atoms with E-state index in [0.717, 1.165) is 15.9 Å². The van der Waals surface area contributed by atoms with Gasteiger partial charge >= 0.3 is 0 Å². The van der Waals surface area contributed by atoms with E-state index >= 15 is 0 Å². The number of nitrogens with two attached hydrogens (primary N) is 1. The lowest BCUT2D eigenvalue weighted by Gasteiger charge is -2.06. The van der Waals surface area contributed by atoms with Crippen LogP contribution in [0.25, 0.3) is 11.4 Å². The van der Waals surface area contributed by atoms with Crippen molar-refractivity contribution in [3.8, 4) is 11.4 Å². The van der Waals surface area contributed by atoms with Crippen molar-refractivity contribution in [3.05, 3.63) is 58.6 Å². The van der Waals surface area contributed by atoms with Gasteiger partial charge in [0.25, 0.3) is 0 Å². The van der Waals surface area contributed by atoms with Gasteiger partial charge in [0, 0.05) is 28.3 Å². The fraction of sp³-hybridized carbons (Fsp3) is 0.111. The molecule has 0 atom stereocenters. The van der Waals surface area contributed by atoms with Crippen molar-refractivity contribution in [1.29, 1.82) is 0 Å². The molecule has 3 aromatic rings. The molecule has 0 spiro atoms. The van der Waals surface area contributed by atoms with Crippen molar-refractivity contribution in [1.82, 2.24) is 14.8 Å². The smallest absolute Gasteiger partial charge is 0.248 e. The predicted molar refractivity (Wildman–Crippen MR) is 108 cm³/mol. The Hall–Kier alpha value is -2.65. The molecule has 27 heavy (non-hydrogen) atoms. The Morgan fingerprint density at radius 2 is 1.78 bits per heavy atom. The van der Waals surface area contributed by atoms with E-state index in [9.17, 15) is 9.59 Å². The summed E-state index contributed by atoms with van der Waals surface area (Å²) in [4.78, 5) is 23.2. The van der Waals surface area contributed by atoms with Gasteiger partial charge in [0.2, 0.25) is 11.8 Å². The summed E-state index contributed by atoms with van der Waals surface area (Å²) in [6.07, 6.45) is 0. The summed E-state index contributed by atoms with van der Waals surface area (Å²) in [6.45, 7) is 0. The van der Waals surface area contributed by atoms with Crippen LogP contribution in [0, 0.1) is 0 Å². The Labute approximate surface area is 168 Å². The van der Waals surface area contributed by atoms with Gasteiger partial charge in [-0.2, -0.15) is 0 Å². The van der Waals surface area contributed by atoms with Crippen molar-refractivity contribution in [2.24, 2.45) is 12.8 Å². The van der Waals surface area contributed by atoms with Crippen molar-refractivity contribution >= 4 is 45.2 Å². The molecule has 0 aliphatic heterocycles. The Balaban J connectivity index is 1.60. The van der Waals surface area contributed by atoms with E-state index in [4.69, 9.17) is 5.73 Å². The number of carbonyl (C=O) groups excluding carboxylic acids is 2. The van der Waals surface area contributed by atoms with Crippen LogP contribution < -0.4 is 11.1 Å². The van der Waals surface area contributed by atoms with Crippen molar-refractivity contribution in [3.63, 3.8) is 0 Å². The normalized spacial score (nSPS) is 10.6. The van der Waals surface area contributed by atoms with Gasteiger partial charge in [-0.25, -0.2) is 0 Å². The number of thioether (sulfide) groups is 1. The predicted octanol–water partition coefficient (Wildman–Crippen LogP) is 3.07. The van der Waals surface area contributed by atoms with Gasteiger partial charge in [-0.15, -0.1) is 10.2 Å². The average molecular weight is 446 g/mol. The minimum atomic E-state index is -0.507. The molecule has 0 bridgehead atoms. The summed E-state index contributed by atoms with van der Waals surface area (Å²) >= 11 is 4.70. The van der Waals surface area contributed by atoms with Gasteiger partial charge in [-0.05, 0) is 36.4 Å². The molecule has 1 heterocycles. The molecule has 3 N–H and O–H groups in total. The number of nitrogens with zero attached hydrogens (tertiary/aromatic N) is 3. The molecule has 1 aromatic heterocycles. The van der Waals surface area contributed by atoms with Crippen molar-refractivity contribution in [2.75, 3.05) is 11.1 Å². The number of primary amides is 1. The van der Waals surface area contributed by atoms with E-state index in [1.165, 1.54) is 11.8 Å². The lowest BCUT2D eigenvalue weighted by Crippen LogP contribution is -2.15. The number of benzene rings is 2. The fourth-order valence-corrected chi connectivity index (χ4v) is 3.31. The molecule has 0 saturated heterocycles. The standard InChI is InChI=1S/C18H16BrN5O2S/c1-24-17(12-2-6-13(19)7-3-12)22-23-18(24)27-10-15(25)21-14-8-4-11(5-9-14)16(20)26/h2-9H,10H2,1H3,(H2,20,26)(H,21,25). The third kappa shape index (κ3) is 4.75. The Bertz CT molecular complexity index is 970. The molecule has 0 unspecified atom stereocenters. The summed E-state index contributed by atoms with van der Waals surface area (Å²) < 4.78 is 2.84. The zero-order valence-corrected chi connectivity index (χ0v) is 16.8. The van der Waals surface area contributed by atoms with Crippen LogP contribution in [0.5, 0.6) is 0 Å². The molecule has 0 fully saturated rings. The first-order valence-corrected chi connectivity index (χ1v) is 9.70. The highest BCUT2D eigenvalue weighted by Crippen LogP contribution is 2.24. The lowest BCUT2D eigenvalue weighted by atomic mass is 10.2. The number of aromatic nitrogens is 3. The SMILES string of the molecule is Cn1c(SCC(=O)Nc2ccc(C(N)=O)cc2)nnc1-c1ccc(Br)cc1. The van der Waals surface area contributed by atoms with Crippen molar-refractivity contribution in [2.45, 2.75) is 5.16 Å². The number of carbonyl (C=O) groups is 2. The number of amides is 2. The molecule has 0 aliphatic rings. The minimum absolute atomic E-state index is 0.181. The second-order valence-electron chi connectivity index (χ2n) is 5.65. The second-order valence-corrected chi connectivity index (χ2v) is 7.51. The third-order valence-electron chi connectivity index (χ3n) is 3.72. The van der Waals surface area contributed by atoms with Crippen LogP contribution >= 0.6 is 27.7 Å². The lowest BCUT2D eigenvalue weighted by molar-refractivity contribution is -0.113. The first-order valence-electron chi connectivity index (χ1n) is 7.92. The number of anilines is 1. The maximum Gasteiger partial charge on any atom is 0.248 e. The van der Waals surface area contributed by atoms with Gasteiger partial charge < -0.3 is 15.6 Å². The largest absolute Gasteiger partial charge is 0.366 e. The summed E-state index contributed by atoms with van der Waals surface area (Å²) in [5.74, 6) is 0.226. The van der Waals surface area contributed by atoms with E-state index in [1.54, 1.807) is 24.3 Å². The molecule has 0 aliphatic carbocycles. The first-order chi connectivity index (χ1) is 12.9. The third-order valence-corrected chi connectivity index (χ3v) is 5.27. The quantitative estimate of drug-likeness (QED) is 0.567. The van der Waals surface area contributed by atoms with Crippen LogP contribution in [0.2, 0.25) is 0 Å². The van der Waals surface area contributed by atoms with Crippen molar-refractivity contribution < 1.29 is 9.59 Å². The fourth-order valence-electron chi connectivity index (χ4n) is 2.34. The molecule has 0 radical (unpaired) electrons. The summed E-state index contributed by atoms with van der Waals surface area (Å²) in [5.41, 5.74) is 7.13. The molecule has 2 amide bonds. The van der Waals surface area contributed by atoms with Crippen LogP contribution in [-0.2, 0) is 11.8 Å². The maximum atomic E-state index is 12.1. The molecule has 7 nitrogen and oxygen atoms in total. The highest BCUT2D eigenvalue weighted by molar-refractivity contribution is 9.10. The van der Waals surface area contributed by atoms with Crippen LogP contribution in [0.15, 0.2) is 58.2 Å². The molecule has 138 valence electrons. The van der Waals surface area contributed by atoms with Gasteiger partial charge in [0.05, 0.1) is 5.75 Å². The van der Waals surface area contributed by atoms with E-state index in [0.29, 0.717) is 16.4 Å². The molecule has 9 heteroatoms. The zero-order valence-electron chi connectivity index (χ0n) is 14.3. The van der Waals surface area contributed by atoms with Gasteiger partial charge in [0.15, 0.2) is 11.0 Å². The number of hydrogen-bond donors (Lipinski definition) is 2. The van der Waals surface area contributed by atoms with E-state index < -0.39 is 5.91 Å². The zero-order chi connectivity index (χ0) is 19.4. The highest BCUT2D eigenvalue weighted by atomic mass is 79.9.